The summed E-state index contributed by atoms with van der Waals surface area (Å²) in [5, 5.41) is 0. The summed E-state index contributed by atoms with van der Waals surface area (Å²) in [6.45, 7) is 1.62. The summed E-state index contributed by atoms with van der Waals surface area (Å²) in [6.07, 6.45) is 3.25. The molecular weight excluding hydrogens is 171 g/mol. The number of hydrogen-bond donors (Lipinski definition) is 0. The van der Waals surface area contributed by atoms with E-state index in [2.05, 4.69) is 24.0 Å². The van der Waals surface area contributed by atoms with Crippen molar-refractivity contribution in [1.29, 1.82) is 0 Å². The van der Waals surface area contributed by atoms with Crippen LogP contribution in [0.1, 0.15) is 0 Å². The first-order valence-corrected chi connectivity index (χ1v) is 4.24. The minimum Gasteiger partial charge on any atom is -0.482 e. The summed E-state index contributed by atoms with van der Waals surface area (Å²) < 4.78 is 4.65. The fourth-order valence-electron chi connectivity index (χ4n) is 0.639. The lowest BCUT2D eigenvalue weighted by Crippen LogP contribution is -1.91. The largest absolute Gasteiger partial charge is 0.482 e. The Balaban J connectivity index is 0.000000127. The van der Waals surface area contributed by atoms with E-state index >= 15 is 0 Å². The fourth-order valence-corrected chi connectivity index (χ4v) is 0.837. The van der Waals surface area contributed by atoms with Crippen LogP contribution in [0.5, 0.6) is 0 Å². The van der Waals surface area contributed by atoms with Gasteiger partial charge in [0.05, 0.1) is 12.0 Å². The van der Waals surface area contributed by atoms with Gasteiger partial charge in [0.15, 0.2) is 6.40 Å². The zero-order valence-electron chi connectivity index (χ0n) is 6.68. The van der Waals surface area contributed by atoms with Crippen molar-refractivity contribution in [1.82, 2.24) is 4.98 Å². The van der Waals surface area contributed by atoms with Crippen molar-refractivity contribution < 1.29 is 4.74 Å². The molecule has 1 aliphatic heterocycles. The molecular formula is C8H11N2OP. The molecule has 0 amide bonds. The number of pyridine rings is 1. The van der Waals surface area contributed by atoms with E-state index in [0.29, 0.717) is 0 Å². The summed E-state index contributed by atoms with van der Waals surface area (Å²) in [7, 11) is 2.52. The third-order valence-corrected chi connectivity index (χ3v) is 1.52. The molecule has 1 aromatic rings. The van der Waals surface area contributed by atoms with Crippen LogP contribution in [-0.4, -0.2) is 24.5 Å². The average molecular weight is 182 g/mol. The second-order valence-electron chi connectivity index (χ2n) is 2.14. The van der Waals surface area contributed by atoms with Crippen molar-refractivity contribution in [3.8, 4) is 0 Å². The zero-order chi connectivity index (χ0) is 8.65. The monoisotopic (exact) mass is 182 g/mol. The third-order valence-electron chi connectivity index (χ3n) is 1.18. The first-order chi connectivity index (χ1) is 5.89. The van der Waals surface area contributed by atoms with E-state index in [1.807, 2.05) is 18.2 Å². The molecule has 0 spiro atoms. The van der Waals surface area contributed by atoms with Crippen molar-refractivity contribution in [2.75, 3.05) is 13.2 Å². The van der Waals surface area contributed by atoms with Gasteiger partial charge in [0.25, 0.3) is 0 Å². The van der Waals surface area contributed by atoms with Gasteiger partial charge in [-0.05, 0) is 12.1 Å². The topological polar surface area (TPSA) is 34.5 Å². The Morgan fingerprint density at radius 3 is 2.58 bits per heavy atom. The third kappa shape index (κ3) is 4.04. The van der Waals surface area contributed by atoms with Gasteiger partial charge < -0.3 is 4.74 Å². The van der Waals surface area contributed by atoms with Gasteiger partial charge in [-0.1, -0.05) is 15.3 Å². The van der Waals surface area contributed by atoms with E-state index in [4.69, 9.17) is 0 Å². The van der Waals surface area contributed by atoms with Crippen LogP contribution in [0.3, 0.4) is 0 Å². The molecule has 1 aliphatic rings. The summed E-state index contributed by atoms with van der Waals surface area (Å²) in [5.41, 5.74) is 0.988. The highest BCUT2D eigenvalue weighted by atomic mass is 31.0. The predicted octanol–water partition coefficient (Wildman–Crippen LogP) is 0.627. The van der Waals surface area contributed by atoms with Crippen LogP contribution in [0.25, 0.3) is 0 Å². The highest BCUT2D eigenvalue weighted by Gasteiger charge is 1.84. The Labute approximate surface area is 74.1 Å². The molecule has 1 unspecified atom stereocenters. The summed E-state index contributed by atoms with van der Waals surface area (Å²) in [5.74, 6) is 0. The quantitative estimate of drug-likeness (QED) is 0.551. The Morgan fingerprint density at radius 1 is 1.42 bits per heavy atom. The number of hydrogen-bond acceptors (Lipinski definition) is 3. The molecule has 4 heteroatoms. The van der Waals surface area contributed by atoms with E-state index in [1.54, 1.807) is 6.20 Å². The van der Waals surface area contributed by atoms with Crippen LogP contribution in [0, 0.1) is 0 Å². The Hall–Kier alpha value is -0.950. The second-order valence-corrected chi connectivity index (χ2v) is 2.73. The van der Waals surface area contributed by atoms with Gasteiger partial charge >= 0.3 is 0 Å². The van der Waals surface area contributed by atoms with Gasteiger partial charge in [0, 0.05) is 6.20 Å². The summed E-state index contributed by atoms with van der Waals surface area (Å²) in [4.78, 5) is 7.68. The first kappa shape index (κ1) is 9.14. The highest BCUT2D eigenvalue weighted by Crippen LogP contribution is 1.81. The SMILES string of the molecule is C1=NCCO1.Pc1ccccn1. The lowest BCUT2D eigenvalue weighted by atomic mass is 10.5. The first-order valence-electron chi connectivity index (χ1n) is 3.66. The summed E-state index contributed by atoms with van der Waals surface area (Å²) >= 11 is 0. The number of ether oxygens (including phenoxy) is 1. The summed E-state index contributed by atoms with van der Waals surface area (Å²) in [6, 6.07) is 5.79. The molecule has 0 radical (unpaired) electrons. The van der Waals surface area contributed by atoms with E-state index in [9.17, 15) is 0 Å². The average Bonchev–Trinajstić information content (AvgIpc) is 2.62. The second kappa shape index (κ2) is 5.67. The number of nitrogens with zero attached hydrogens (tertiary/aromatic N) is 2. The van der Waals surface area contributed by atoms with E-state index < -0.39 is 0 Å². The molecule has 0 saturated carbocycles. The Bertz CT molecular complexity index is 232. The van der Waals surface area contributed by atoms with Crippen LogP contribution in [0.4, 0.5) is 0 Å². The van der Waals surface area contributed by atoms with Crippen molar-refractivity contribution >= 4 is 21.1 Å². The normalized spacial score (nSPS) is 13.1. The van der Waals surface area contributed by atoms with Crippen molar-refractivity contribution in [3.05, 3.63) is 24.4 Å². The molecule has 1 aromatic heterocycles. The van der Waals surface area contributed by atoms with Crippen molar-refractivity contribution in [3.63, 3.8) is 0 Å². The van der Waals surface area contributed by atoms with Crippen molar-refractivity contribution in [2.45, 2.75) is 0 Å². The maximum absolute atomic E-state index is 4.65. The van der Waals surface area contributed by atoms with E-state index in [-0.39, 0.29) is 0 Å². The minimum absolute atomic E-state index is 0.778. The number of aromatic nitrogens is 1. The molecule has 12 heavy (non-hydrogen) atoms. The molecule has 0 aliphatic carbocycles. The number of aliphatic imine (C=N–C) groups is 1. The smallest absolute Gasteiger partial charge is 0.169 e. The van der Waals surface area contributed by atoms with Gasteiger partial charge in [-0.3, -0.25) is 9.98 Å². The van der Waals surface area contributed by atoms with Crippen LogP contribution >= 0.6 is 9.24 Å². The van der Waals surface area contributed by atoms with Gasteiger partial charge in [-0.15, -0.1) is 0 Å². The van der Waals surface area contributed by atoms with Gasteiger partial charge in [-0.2, -0.15) is 0 Å². The molecule has 3 nitrogen and oxygen atoms in total. The van der Waals surface area contributed by atoms with Gasteiger partial charge in [0.2, 0.25) is 0 Å². The van der Waals surface area contributed by atoms with Gasteiger partial charge in [0.1, 0.15) is 6.61 Å². The Kier molecular flexibility index (Phi) is 4.32. The van der Waals surface area contributed by atoms with Crippen molar-refractivity contribution in [2.24, 2.45) is 4.99 Å². The molecule has 64 valence electrons. The van der Waals surface area contributed by atoms with E-state index in [1.165, 1.54) is 6.40 Å². The minimum atomic E-state index is 0.778. The molecule has 0 saturated heterocycles. The molecule has 0 N–H and O–H groups in total. The maximum atomic E-state index is 4.65. The Morgan fingerprint density at radius 2 is 2.33 bits per heavy atom. The van der Waals surface area contributed by atoms with Crippen LogP contribution in [-0.2, 0) is 4.74 Å². The van der Waals surface area contributed by atoms with Crippen LogP contribution in [0.2, 0.25) is 0 Å². The fraction of sp³-hybridized carbons (Fsp3) is 0.250. The molecule has 0 bridgehead atoms. The number of rotatable bonds is 0. The molecule has 2 rings (SSSR count). The predicted molar refractivity (Wildman–Crippen MR) is 52.9 cm³/mol. The molecule has 0 fully saturated rings. The van der Waals surface area contributed by atoms with Crippen LogP contribution in [0.15, 0.2) is 29.4 Å². The van der Waals surface area contributed by atoms with E-state index in [0.717, 1.165) is 18.6 Å². The molecule has 1 atom stereocenters. The lowest BCUT2D eigenvalue weighted by molar-refractivity contribution is 0.361. The lowest BCUT2D eigenvalue weighted by Gasteiger charge is -1.82. The maximum Gasteiger partial charge on any atom is 0.169 e. The standard InChI is InChI=1S/C5H6NP.C3H5NO/c7-5-3-1-2-4-6-5;1-2-5-3-4-1/h1-4H,7H2;3H,1-2H2. The highest BCUT2D eigenvalue weighted by molar-refractivity contribution is 7.26. The molecule has 2 heterocycles. The van der Waals surface area contributed by atoms with Crippen LogP contribution < -0.4 is 5.44 Å². The molecule has 0 aromatic carbocycles. The van der Waals surface area contributed by atoms with Gasteiger partial charge in [-0.25, -0.2) is 0 Å². The zero-order valence-corrected chi connectivity index (χ0v) is 7.84.